The van der Waals surface area contributed by atoms with Crippen molar-refractivity contribution in [2.24, 2.45) is 11.8 Å². The number of anilines is 3. The van der Waals surface area contributed by atoms with Crippen LogP contribution in [0.4, 0.5) is 17.2 Å². The van der Waals surface area contributed by atoms with Crippen LogP contribution in [-0.4, -0.2) is 36.1 Å². The Kier molecular flexibility index (Phi) is 7.44. The summed E-state index contributed by atoms with van der Waals surface area (Å²) >= 11 is 0. The van der Waals surface area contributed by atoms with Crippen LogP contribution in [0.3, 0.4) is 0 Å². The second-order valence-corrected chi connectivity index (χ2v) is 10.1. The molecule has 1 saturated heterocycles. The van der Waals surface area contributed by atoms with Crippen molar-refractivity contribution < 1.29 is 14.3 Å². The third kappa shape index (κ3) is 5.96. The van der Waals surface area contributed by atoms with E-state index >= 15 is 0 Å². The van der Waals surface area contributed by atoms with Gasteiger partial charge in [-0.1, -0.05) is 0 Å². The average molecular weight is 502 g/mol. The van der Waals surface area contributed by atoms with Gasteiger partial charge in [0.05, 0.1) is 7.11 Å². The molecule has 0 spiro atoms. The minimum absolute atomic E-state index is 0.0509. The van der Waals surface area contributed by atoms with E-state index in [0.29, 0.717) is 17.5 Å². The Labute approximate surface area is 218 Å². The van der Waals surface area contributed by atoms with Gasteiger partial charge < -0.3 is 25.4 Å². The lowest BCUT2D eigenvalue weighted by atomic mass is 9.87. The first-order valence-electron chi connectivity index (χ1n) is 13.1. The quantitative estimate of drug-likeness (QED) is 0.420. The van der Waals surface area contributed by atoms with E-state index in [9.17, 15) is 4.79 Å². The number of piperidine rings is 1. The molecule has 194 valence electrons. The van der Waals surface area contributed by atoms with Crippen molar-refractivity contribution in [2.45, 2.75) is 45.4 Å². The molecule has 37 heavy (non-hydrogen) atoms. The molecular weight excluding hydrogens is 466 g/mol. The Balaban J connectivity index is 1.12. The van der Waals surface area contributed by atoms with Crippen molar-refractivity contribution in [1.82, 2.24) is 9.97 Å². The van der Waals surface area contributed by atoms with E-state index in [2.05, 4.69) is 20.2 Å². The van der Waals surface area contributed by atoms with Gasteiger partial charge in [-0.2, -0.15) is 0 Å². The highest BCUT2D eigenvalue weighted by Gasteiger charge is 2.27. The maximum absolute atomic E-state index is 12.9. The number of nitrogens with zero attached hydrogens (tertiary/aromatic N) is 3. The van der Waals surface area contributed by atoms with E-state index in [4.69, 9.17) is 15.2 Å². The highest BCUT2D eigenvalue weighted by atomic mass is 16.5. The number of methoxy groups -OCH3 is 1. The van der Waals surface area contributed by atoms with Crippen molar-refractivity contribution in [3.8, 4) is 17.4 Å². The van der Waals surface area contributed by atoms with E-state index in [1.165, 1.54) is 0 Å². The monoisotopic (exact) mass is 501 g/mol. The minimum atomic E-state index is 0.0509. The normalized spacial score (nSPS) is 18.1. The summed E-state index contributed by atoms with van der Waals surface area (Å²) in [7, 11) is 1.67. The van der Waals surface area contributed by atoms with E-state index in [1.54, 1.807) is 13.4 Å². The smallest absolute Gasteiger partial charge is 0.227 e. The highest BCUT2D eigenvalue weighted by molar-refractivity contribution is 5.94. The molecule has 2 aliphatic heterocycles. The maximum atomic E-state index is 12.9. The van der Waals surface area contributed by atoms with E-state index in [1.807, 2.05) is 49.4 Å². The molecule has 1 fully saturated rings. The van der Waals surface area contributed by atoms with Crippen LogP contribution in [-0.2, 0) is 11.2 Å². The Bertz CT molecular complexity index is 1260. The molecule has 1 aromatic heterocycles. The molecule has 1 amide bonds. The number of ether oxygens (including phenoxy) is 2. The topological polar surface area (TPSA) is 103 Å². The number of nitrogen functional groups attached to an aromatic ring is 1. The third-order valence-corrected chi connectivity index (χ3v) is 7.66. The first kappa shape index (κ1) is 24.9. The first-order chi connectivity index (χ1) is 18.0. The second-order valence-electron chi connectivity index (χ2n) is 10.1. The molecule has 2 aliphatic rings. The molecule has 8 heteroatoms. The van der Waals surface area contributed by atoms with E-state index < -0.39 is 0 Å². The summed E-state index contributed by atoms with van der Waals surface area (Å²) in [4.78, 5) is 23.9. The van der Waals surface area contributed by atoms with Crippen molar-refractivity contribution in [3.63, 3.8) is 0 Å². The first-order valence-corrected chi connectivity index (χ1v) is 13.1. The number of nitrogens with two attached hydrogens (primary N) is 1. The van der Waals surface area contributed by atoms with Gasteiger partial charge >= 0.3 is 0 Å². The molecule has 3 N–H and O–H groups in total. The lowest BCUT2D eigenvalue weighted by Gasteiger charge is -2.33. The fourth-order valence-electron chi connectivity index (χ4n) is 5.28. The zero-order valence-corrected chi connectivity index (χ0v) is 21.6. The summed E-state index contributed by atoms with van der Waals surface area (Å²) in [5, 5.41) is 3.13. The highest BCUT2D eigenvalue weighted by Crippen LogP contribution is 2.33. The van der Waals surface area contributed by atoms with Crippen LogP contribution in [0.25, 0.3) is 0 Å². The summed E-state index contributed by atoms with van der Waals surface area (Å²) in [6.45, 7) is 3.82. The van der Waals surface area contributed by atoms with Crippen molar-refractivity contribution >= 4 is 23.1 Å². The molecule has 8 nitrogen and oxygen atoms in total. The van der Waals surface area contributed by atoms with Crippen molar-refractivity contribution in [2.75, 3.05) is 36.1 Å². The molecule has 1 atom stereocenters. The Morgan fingerprint density at radius 1 is 1.03 bits per heavy atom. The minimum Gasteiger partial charge on any atom is -0.497 e. The number of aromatic nitrogens is 2. The maximum Gasteiger partial charge on any atom is 0.227 e. The SMILES string of the molecule is COc1ccc2c(c1)CCC(CCC1CCN(c3cc(Oc4ccc(N)c(C)c4)ncn3)CC1)C(=O)N2. The van der Waals surface area contributed by atoms with Gasteiger partial charge in [-0.25, -0.2) is 9.97 Å². The van der Waals surface area contributed by atoms with Gasteiger partial charge in [-0.15, -0.1) is 0 Å². The van der Waals surface area contributed by atoms with Crippen LogP contribution in [0.1, 0.15) is 43.2 Å². The second kappa shape index (κ2) is 11.1. The van der Waals surface area contributed by atoms with Crippen LogP contribution in [0.2, 0.25) is 0 Å². The largest absolute Gasteiger partial charge is 0.497 e. The number of amides is 1. The molecule has 0 saturated carbocycles. The van der Waals surface area contributed by atoms with Gasteiger partial charge in [-0.3, -0.25) is 4.79 Å². The Morgan fingerprint density at radius 2 is 1.84 bits per heavy atom. The standard InChI is InChI=1S/C29H35N5O3/c1-19-15-24(7-9-25(19)30)37-28-17-27(31-18-32-28)34-13-11-20(12-14-34)3-4-21-5-6-22-16-23(36-2)8-10-26(22)33-29(21)35/h7-10,15-18,20-21H,3-6,11-14,30H2,1-2H3,(H,33,35). The van der Waals surface area contributed by atoms with Gasteiger partial charge in [0.1, 0.15) is 23.6 Å². The molecule has 2 aromatic carbocycles. The molecule has 3 heterocycles. The van der Waals surface area contributed by atoms with E-state index in [-0.39, 0.29) is 11.8 Å². The number of carbonyl (C=O) groups is 1. The molecule has 0 radical (unpaired) electrons. The number of hydrogen-bond donors (Lipinski definition) is 2. The molecular formula is C29H35N5O3. The van der Waals surface area contributed by atoms with Gasteiger partial charge in [0, 0.05) is 36.4 Å². The summed E-state index contributed by atoms with van der Waals surface area (Å²) in [5.74, 6) is 3.76. The number of carbonyl (C=O) groups excluding carboxylic acids is 1. The van der Waals surface area contributed by atoms with Crippen LogP contribution >= 0.6 is 0 Å². The number of benzene rings is 2. The number of hydrogen-bond acceptors (Lipinski definition) is 7. The molecule has 3 aromatic rings. The lowest BCUT2D eigenvalue weighted by Crippen LogP contribution is -2.34. The Hall–Kier alpha value is -3.81. The van der Waals surface area contributed by atoms with Gasteiger partial charge in [0.15, 0.2) is 0 Å². The predicted octanol–water partition coefficient (Wildman–Crippen LogP) is 5.37. The fourth-order valence-corrected chi connectivity index (χ4v) is 5.28. The summed E-state index contributed by atoms with van der Waals surface area (Å²) in [5.41, 5.74) is 9.69. The number of rotatable bonds is 7. The fraction of sp³-hybridized carbons (Fsp3) is 0.414. The third-order valence-electron chi connectivity index (χ3n) is 7.66. The van der Waals surface area contributed by atoms with Crippen LogP contribution in [0.15, 0.2) is 48.8 Å². The molecule has 5 rings (SSSR count). The summed E-state index contributed by atoms with van der Waals surface area (Å²) in [6.07, 6.45) is 7.49. The van der Waals surface area contributed by atoms with Gasteiger partial charge in [-0.05, 0) is 98.9 Å². The molecule has 0 bridgehead atoms. The summed E-state index contributed by atoms with van der Waals surface area (Å²) < 4.78 is 11.3. The van der Waals surface area contributed by atoms with Crippen molar-refractivity contribution in [1.29, 1.82) is 0 Å². The van der Waals surface area contributed by atoms with Crippen LogP contribution in [0, 0.1) is 18.8 Å². The van der Waals surface area contributed by atoms with Gasteiger partial charge in [0.2, 0.25) is 11.8 Å². The zero-order valence-electron chi connectivity index (χ0n) is 21.6. The molecule has 1 unspecified atom stereocenters. The molecule has 0 aliphatic carbocycles. The number of fused-ring (bicyclic) bond motifs is 1. The number of aryl methyl sites for hydroxylation is 2. The van der Waals surface area contributed by atoms with Crippen LogP contribution in [0.5, 0.6) is 17.4 Å². The zero-order chi connectivity index (χ0) is 25.8. The average Bonchev–Trinajstić information content (AvgIpc) is 3.07. The Morgan fingerprint density at radius 3 is 2.62 bits per heavy atom. The van der Waals surface area contributed by atoms with E-state index in [0.717, 1.165) is 85.7 Å². The van der Waals surface area contributed by atoms with Crippen LogP contribution < -0.4 is 25.4 Å². The predicted molar refractivity (Wildman–Crippen MR) is 145 cm³/mol. The number of nitrogens with one attached hydrogen (secondary N) is 1. The van der Waals surface area contributed by atoms with Crippen molar-refractivity contribution in [3.05, 3.63) is 59.9 Å². The lowest BCUT2D eigenvalue weighted by molar-refractivity contribution is -0.120. The van der Waals surface area contributed by atoms with Gasteiger partial charge in [0.25, 0.3) is 0 Å². The summed E-state index contributed by atoms with van der Waals surface area (Å²) in [6, 6.07) is 13.4.